The van der Waals surface area contributed by atoms with Crippen molar-refractivity contribution >= 4 is 21.6 Å². The van der Waals surface area contributed by atoms with Crippen molar-refractivity contribution in [1.82, 2.24) is 5.32 Å². The summed E-state index contributed by atoms with van der Waals surface area (Å²) in [6.45, 7) is 2.89. The van der Waals surface area contributed by atoms with E-state index in [1.54, 1.807) is 12.1 Å². The number of hydrogen-bond donors (Lipinski definition) is 1. The Hall–Kier alpha value is -1.12. The maximum atomic E-state index is 14.5. The van der Waals surface area contributed by atoms with E-state index in [4.69, 9.17) is 5.26 Å². The van der Waals surface area contributed by atoms with Crippen molar-refractivity contribution in [3.05, 3.63) is 28.0 Å². The fourth-order valence-corrected chi connectivity index (χ4v) is 3.96. The molecule has 0 radical (unpaired) electrons. The molecule has 0 aromatic heterocycles. The second-order valence-corrected chi connectivity index (χ2v) is 6.72. The highest BCUT2D eigenvalue weighted by molar-refractivity contribution is 9.10. The van der Waals surface area contributed by atoms with Crippen LogP contribution in [0.5, 0.6) is 0 Å². The van der Waals surface area contributed by atoms with Gasteiger partial charge >= 0.3 is 0 Å². The average Bonchev–Trinajstić information content (AvgIpc) is 3.04. The molecule has 0 spiro atoms. The minimum absolute atomic E-state index is 0.281. The molecule has 3 nitrogen and oxygen atoms in total. The molecule has 1 N–H and O–H groups in total. The molecule has 2 aliphatic rings. The molecule has 112 valence electrons. The summed E-state index contributed by atoms with van der Waals surface area (Å²) in [6.07, 6.45) is 4.79. The molecule has 2 heterocycles. The first-order chi connectivity index (χ1) is 10.2. The highest BCUT2D eigenvalue weighted by Gasteiger charge is 2.30. The molecule has 0 saturated carbocycles. The fraction of sp³-hybridized carbons (Fsp3) is 0.562. The van der Waals surface area contributed by atoms with Crippen molar-refractivity contribution in [3.8, 4) is 6.07 Å². The van der Waals surface area contributed by atoms with Crippen LogP contribution in [0.1, 0.15) is 31.2 Å². The monoisotopic (exact) mass is 351 g/mol. The van der Waals surface area contributed by atoms with E-state index < -0.39 is 0 Å². The molecule has 2 atom stereocenters. The van der Waals surface area contributed by atoms with Gasteiger partial charge in [-0.3, -0.25) is 0 Å². The normalized spacial score (nSPS) is 25.9. The van der Waals surface area contributed by atoms with Crippen molar-refractivity contribution in [2.45, 2.75) is 31.7 Å². The third-order valence-corrected chi connectivity index (χ3v) is 5.42. The molecule has 3 rings (SSSR count). The van der Waals surface area contributed by atoms with Crippen LogP contribution in [0, 0.1) is 23.1 Å². The summed E-state index contributed by atoms with van der Waals surface area (Å²) in [5.41, 5.74) is 0.964. The van der Waals surface area contributed by atoms with E-state index in [0.29, 0.717) is 23.2 Å². The molecule has 5 heteroatoms. The van der Waals surface area contributed by atoms with E-state index >= 15 is 0 Å². The van der Waals surface area contributed by atoms with Gasteiger partial charge in [0.15, 0.2) is 5.82 Å². The van der Waals surface area contributed by atoms with E-state index in [-0.39, 0.29) is 10.3 Å². The van der Waals surface area contributed by atoms with Crippen LogP contribution in [-0.4, -0.2) is 25.7 Å². The first kappa shape index (κ1) is 14.8. The molecule has 1 aromatic rings. The van der Waals surface area contributed by atoms with Crippen molar-refractivity contribution in [2.24, 2.45) is 5.92 Å². The Balaban J connectivity index is 1.80. The topological polar surface area (TPSA) is 39.1 Å². The van der Waals surface area contributed by atoms with Gasteiger partial charge in [-0.15, -0.1) is 0 Å². The number of halogens is 2. The number of benzene rings is 1. The molecule has 2 unspecified atom stereocenters. The lowest BCUT2D eigenvalue weighted by molar-refractivity contribution is 0.327. The minimum atomic E-state index is -0.311. The molecule has 0 amide bonds. The third-order valence-electron chi connectivity index (χ3n) is 4.65. The molecule has 21 heavy (non-hydrogen) atoms. The van der Waals surface area contributed by atoms with E-state index in [1.807, 2.05) is 6.07 Å². The van der Waals surface area contributed by atoms with E-state index in [0.717, 1.165) is 26.1 Å². The summed E-state index contributed by atoms with van der Waals surface area (Å²) in [5, 5.41) is 12.5. The second-order valence-electron chi connectivity index (χ2n) is 5.92. The summed E-state index contributed by atoms with van der Waals surface area (Å²) in [4.78, 5) is 2.13. The fourth-order valence-electron chi connectivity index (χ4n) is 3.54. The van der Waals surface area contributed by atoms with Crippen molar-refractivity contribution in [1.29, 1.82) is 5.26 Å². The Labute approximate surface area is 133 Å². The number of nitrogens with zero attached hydrogens (tertiary/aromatic N) is 2. The Morgan fingerprint density at radius 1 is 1.33 bits per heavy atom. The van der Waals surface area contributed by atoms with Crippen LogP contribution in [0.25, 0.3) is 0 Å². The zero-order chi connectivity index (χ0) is 14.8. The highest BCUT2D eigenvalue weighted by Crippen LogP contribution is 2.33. The summed E-state index contributed by atoms with van der Waals surface area (Å²) < 4.78 is 14.8. The Bertz CT molecular complexity index is 563. The van der Waals surface area contributed by atoms with Gasteiger partial charge in [0.05, 0.1) is 15.7 Å². The van der Waals surface area contributed by atoms with Crippen molar-refractivity contribution < 1.29 is 4.39 Å². The summed E-state index contributed by atoms with van der Waals surface area (Å²) in [7, 11) is 0. The highest BCUT2D eigenvalue weighted by atomic mass is 79.9. The number of nitriles is 1. The van der Waals surface area contributed by atoms with Gasteiger partial charge in [-0.05, 0) is 66.2 Å². The van der Waals surface area contributed by atoms with Gasteiger partial charge < -0.3 is 10.2 Å². The average molecular weight is 352 g/mol. The molecule has 2 fully saturated rings. The number of anilines is 1. The van der Waals surface area contributed by atoms with Gasteiger partial charge in [-0.25, -0.2) is 4.39 Å². The van der Waals surface area contributed by atoms with E-state index in [9.17, 15) is 4.39 Å². The summed E-state index contributed by atoms with van der Waals surface area (Å²) >= 11 is 3.20. The maximum Gasteiger partial charge on any atom is 0.161 e. The molecule has 0 bridgehead atoms. The van der Waals surface area contributed by atoms with Gasteiger partial charge in [0, 0.05) is 19.1 Å². The standard InChI is InChI=1S/C16H19BrFN3/c17-15-11(9-19)5-6-14(16(15)18)21-8-2-3-12(10-21)13-4-1-7-20-13/h5-6,12-13,20H,1-4,7-8,10H2. The van der Waals surface area contributed by atoms with Crippen molar-refractivity contribution in [2.75, 3.05) is 24.5 Å². The van der Waals surface area contributed by atoms with Gasteiger partial charge in [0.2, 0.25) is 0 Å². The summed E-state index contributed by atoms with van der Waals surface area (Å²) in [6, 6.07) is 6.02. The van der Waals surface area contributed by atoms with E-state index in [1.165, 1.54) is 19.3 Å². The summed E-state index contributed by atoms with van der Waals surface area (Å²) in [5.74, 6) is 0.282. The number of hydrogen-bond acceptors (Lipinski definition) is 3. The quantitative estimate of drug-likeness (QED) is 0.887. The van der Waals surface area contributed by atoms with Gasteiger partial charge in [0.1, 0.15) is 6.07 Å². The molecule has 2 aliphatic heterocycles. The lowest BCUT2D eigenvalue weighted by Crippen LogP contribution is -2.43. The number of piperidine rings is 1. The van der Waals surface area contributed by atoms with Crippen LogP contribution in [0.3, 0.4) is 0 Å². The minimum Gasteiger partial charge on any atom is -0.369 e. The number of rotatable bonds is 2. The largest absolute Gasteiger partial charge is 0.369 e. The van der Waals surface area contributed by atoms with Crippen LogP contribution < -0.4 is 10.2 Å². The second kappa shape index (κ2) is 6.33. The molecular weight excluding hydrogens is 333 g/mol. The Morgan fingerprint density at radius 2 is 2.19 bits per heavy atom. The zero-order valence-corrected chi connectivity index (χ0v) is 13.5. The van der Waals surface area contributed by atoms with E-state index in [2.05, 4.69) is 26.1 Å². The predicted octanol–water partition coefficient (Wildman–Crippen LogP) is 3.43. The van der Waals surface area contributed by atoms with Crippen LogP contribution in [-0.2, 0) is 0 Å². The molecule has 0 aliphatic carbocycles. The van der Waals surface area contributed by atoms with Gasteiger partial charge in [-0.1, -0.05) is 0 Å². The number of nitrogens with one attached hydrogen (secondary N) is 1. The smallest absolute Gasteiger partial charge is 0.161 e. The first-order valence-electron chi connectivity index (χ1n) is 7.57. The maximum absolute atomic E-state index is 14.5. The van der Waals surface area contributed by atoms with Gasteiger partial charge in [-0.2, -0.15) is 5.26 Å². The Kier molecular flexibility index (Phi) is 4.46. The molecular formula is C16H19BrFN3. The van der Waals surface area contributed by atoms with Crippen LogP contribution >= 0.6 is 15.9 Å². The van der Waals surface area contributed by atoms with Gasteiger partial charge in [0.25, 0.3) is 0 Å². The predicted molar refractivity (Wildman–Crippen MR) is 84.8 cm³/mol. The third kappa shape index (κ3) is 2.93. The van der Waals surface area contributed by atoms with Crippen LogP contribution in [0.4, 0.5) is 10.1 Å². The first-order valence-corrected chi connectivity index (χ1v) is 8.36. The lowest BCUT2D eigenvalue weighted by atomic mass is 9.89. The Morgan fingerprint density at radius 3 is 2.90 bits per heavy atom. The van der Waals surface area contributed by atoms with Crippen LogP contribution in [0.2, 0.25) is 0 Å². The SMILES string of the molecule is N#Cc1ccc(N2CCCC(C3CCCN3)C2)c(F)c1Br. The molecule has 2 saturated heterocycles. The zero-order valence-electron chi connectivity index (χ0n) is 11.9. The van der Waals surface area contributed by atoms with Crippen molar-refractivity contribution in [3.63, 3.8) is 0 Å². The molecule has 1 aromatic carbocycles. The van der Waals surface area contributed by atoms with Crippen LogP contribution in [0.15, 0.2) is 16.6 Å². The lowest BCUT2D eigenvalue weighted by Gasteiger charge is -2.37.